The lowest BCUT2D eigenvalue weighted by Crippen LogP contribution is -2.31. The van der Waals surface area contributed by atoms with Crippen LogP contribution < -0.4 is 4.90 Å². The van der Waals surface area contributed by atoms with Crippen LogP contribution in [0.3, 0.4) is 0 Å². The van der Waals surface area contributed by atoms with Crippen LogP contribution in [0.5, 0.6) is 0 Å². The number of hydrogen-bond acceptors (Lipinski definition) is 7. The van der Waals surface area contributed by atoms with E-state index in [1.54, 1.807) is 17.0 Å². The Morgan fingerprint density at radius 1 is 0.941 bits per heavy atom. The summed E-state index contributed by atoms with van der Waals surface area (Å²) in [5, 5.41) is 14.5. The lowest BCUT2D eigenvalue weighted by molar-refractivity contribution is -0.138. The monoisotopic (exact) mass is 547 g/mol. The average Bonchev–Trinajstić information content (AvgIpc) is 3.54. The number of thioether (sulfide) groups is 1. The maximum atomic E-state index is 13.2. The summed E-state index contributed by atoms with van der Waals surface area (Å²) in [6, 6.07) is 14.7. The summed E-state index contributed by atoms with van der Waals surface area (Å²) in [6.07, 6.45) is -0.251. The zero-order valence-corrected chi connectivity index (χ0v) is 21.2. The zero-order chi connectivity index (χ0) is 23.8. The Balaban J connectivity index is 1.46. The maximum Gasteiger partial charge on any atom is 0.305 e. The SMILES string of the molecule is O=C(O)CC1SC(c2ccc(Cl)cc2)N(c2nc(-c3nc(-c4ccc(Cl)cc4)cs3)cs2)C1=O. The van der Waals surface area contributed by atoms with Crippen LogP contribution in [-0.2, 0) is 9.59 Å². The van der Waals surface area contributed by atoms with Crippen LogP contribution in [0.15, 0.2) is 59.3 Å². The van der Waals surface area contributed by atoms with Gasteiger partial charge in [-0.2, -0.15) is 0 Å². The van der Waals surface area contributed by atoms with Gasteiger partial charge in [-0.3, -0.25) is 14.5 Å². The minimum Gasteiger partial charge on any atom is -0.481 e. The number of nitrogens with zero attached hydrogens (tertiary/aromatic N) is 3. The van der Waals surface area contributed by atoms with Crippen molar-refractivity contribution >= 4 is 74.6 Å². The standard InChI is InChI=1S/C23H15Cl2N3O3S3/c24-14-5-1-12(2-6-14)16-10-32-20(26-16)17-11-33-23(27-17)28-21(31)18(9-19(29)30)34-22(28)13-3-7-15(25)8-4-13/h1-8,10-11,18,22H,9H2,(H,29,30). The third-order valence-corrected chi connectivity index (χ3v) is 8.76. The van der Waals surface area contributed by atoms with Crippen molar-refractivity contribution < 1.29 is 14.7 Å². The lowest BCUT2D eigenvalue weighted by atomic mass is 10.2. The van der Waals surface area contributed by atoms with Crippen molar-refractivity contribution in [1.29, 1.82) is 0 Å². The number of carbonyl (C=O) groups is 2. The molecule has 0 saturated carbocycles. The first-order chi connectivity index (χ1) is 16.4. The first kappa shape index (κ1) is 23.3. The molecule has 0 spiro atoms. The van der Waals surface area contributed by atoms with Crippen LogP contribution in [-0.4, -0.2) is 32.2 Å². The van der Waals surface area contributed by atoms with Gasteiger partial charge < -0.3 is 5.11 Å². The second-order valence-electron chi connectivity index (χ2n) is 7.39. The number of amides is 1. The Hall–Kier alpha value is -2.43. The molecule has 1 saturated heterocycles. The van der Waals surface area contributed by atoms with Crippen LogP contribution in [0.2, 0.25) is 10.0 Å². The number of anilines is 1. The Morgan fingerprint density at radius 3 is 2.26 bits per heavy atom. The van der Waals surface area contributed by atoms with Gasteiger partial charge in [0.1, 0.15) is 16.1 Å². The number of carbonyl (C=O) groups excluding carboxylic acids is 1. The highest BCUT2D eigenvalue weighted by molar-refractivity contribution is 8.01. The van der Waals surface area contributed by atoms with E-state index >= 15 is 0 Å². The molecule has 34 heavy (non-hydrogen) atoms. The van der Waals surface area contributed by atoms with Gasteiger partial charge in [-0.25, -0.2) is 9.97 Å². The first-order valence-electron chi connectivity index (χ1n) is 10.0. The summed E-state index contributed by atoms with van der Waals surface area (Å²) >= 11 is 16.1. The quantitative estimate of drug-likeness (QED) is 0.283. The predicted octanol–water partition coefficient (Wildman–Crippen LogP) is 6.86. The molecule has 0 bridgehead atoms. The molecule has 1 aliphatic heterocycles. The van der Waals surface area contributed by atoms with E-state index in [1.807, 2.05) is 47.2 Å². The fraction of sp³-hybridized carbons (Fsp3) is 0.130. The summed E-state index contributed by atoms with van der Waals surface area (Å²) in [5.41, 5.74) is 3.29. The normalized spacial score (nSPS) is 17.9. The molecule has 2 unspecified atom stereocenters. The number of aromatic nitrogens is 2. The number of aliphatic carboxylic acids is 1. The van der Waals surface area contributed by atoms with E-state index in [9.17, 15) is 14.7 Å². The highest BCUT2D eigenvalue weighted by Gasteiger charge is 2.44. The molecule has 11 heteroatoms. The highest BCUT2D eigenvalue weighted by atomic mass is 35.5. The molecule has 1 N–H and O–H groups in total. The number of rotatable bonds is 6. The number of halogens is 2. The van der Waals surface area contributed by atoms with Crippen LogP contribution in [0.4, 0.5) is 5.13 Å². The summed E-state index contributed by atoms with van der Waals surface area (Å²) < 4.78 is 0. The number of benzene rings is 2. The summed E-state index contributed by atoms with van der Waals surface area (Å²) in [6.45, 7) is 0. The molecular formula is C23H15Cl2N3O3S3. The third-order valence-electron chi connectivity index (χ3n) is 5.12. The molecule has 1 fully saturated rings. The van der Waals surface area contributed by atoms with Crippen molar-refractivity contribution in [2.45, 2.75) is 17.0 Å². The zero-order valence-electron chi connectivity index (χ0n) is 17.2. The van der Waals surface area contributed by atoms with Crippen molar-refractivity contribution in [2.75, 3.05) is 4.90 Å². The van der Waals surface area contributed by atoms with E-state index in [0.29, 0.717) is 20.9 Å². The number of thiazole rings is 2. The van der Waals surface area contributed by atoms with Crippen molar-refractivity contribution in [3.63, 3.8) is 0 Å². The molecule has 3 heterocycles. The summed E-state index contributed by atoms with van der Waals surface area (Å²) in [4.78, 5) is 35.5. The van der Waals surface area contributed by atoms with Crippen LogP contribution in [0.1, 0.15) is 17.4 Å². The fourth-order valence-corrected chi connectivity index (χ4v) is 6.95. The van der Waals surface area contributed by atoms with Crippen molar-refractivity contribution in [1.82, 2.24) is 9.97 Å². The Morgan fingerprint density at radius 2 is 1.59 bits per heavy atom. The minimum atomic E-state index is -1.01. The maximum absolute atomic E-state index is 13.2. The fourth-order valence-electron chi connectivity index (χ4n) is 3.51. The van der Waals surface area contributed by atoms with E-state index in [2.05, 4.69) is 0 Å². The van der Waals surface area contributed by atoms with Crippen molar-refractivity contribution in [3.8, 4) is 22.0 Å². The van der Waals surface area contributed by atoms with Gasteiger partial charge in [0, 0.05) is 26.4 Å². The van der Waals surface area contributed by atoms with Gasteiger partial charge in [0.05, 0.1) is 17.4 Å². The predicted molar refractivity (Wildman–Crippen MR) is 139 cm³/mol. The highest BCUT2D eigenvalue weighted by Crippen LogP contribution is 2.48. The molecule has 1 amide bonds. The van der Waals surface area contributed by atoms with E-state index < -0.39 is 16.6 Å². The van der Waals surface area contributed by atoms with Gasteiger partial charge in [0.25, 0.3) is 0 Å². The Labute approximate surface area is 217 Å². The van der Waals surface area contributed by atoms with E-state index in [1.165, 1.54) is 34.4 Å². The van der Waals surface area contributed by atoms with Crippen molar-refractivity contribution in [3.05, 3.63) is 74.9 Å². The van der Waals surface area contributed by atoms with Crippen LogP contribution in [0, 0.1) is 0 Å². The second kappa shape index (κ2) is 9.67. The van der Waals surface area contributed by atoms with Gasteiger partial charge >= 0.3 is 5.97 Å². The number of hydrogen-bond donors (Lipinski definition) is 1. The van der Waals surface area contributed by atoms with E-state index in [4.69, 9.17) is 33.2 Å². The molecule has 0 aliphatic carbocycles. The minimum absolute atomic E-state index is 0.251. The number of carboxylic acids is 1. The lowest BCUT2D eigenvalue weighted by Gasteiger charge is -2.21. The second-order valence-corrected chi connectivity index (χ2v) is 11.3. The Kier molecular flexibility index (Phi) is 6.63. The van der Waals surface area contributed by atoms with E-state index in [-0.39, 0.29) is 12.3 Å². The van der Waals surface area contributed by atoms with Gasteiger partial charge in [-0.1, -0.05) is 47.5 Å². The molecule has 0 radical (unpaired) electrons. The molecule has 2 aromatic carbocycles. The first-order valence-corrected chi connectivity index (χ1v) is 13.5. The summed E-state index contributed by atoms with van der Waals surface area (Å²) in [7, 11) is 0. The van der Waals surface area contributed by atoms with Gasteiger partial charge in [0.2, 0.25) is 5.91 Å². The number of carboxylic acid groups (broad SMARTS) is 1. The van der Waals surface area contributed by atoms with Gasteiger partial charge in [-0.05, 0) is 29.8 Å². The van der Waals surface area contributed by atoms with Crippen LogP contribution in [0.25, 0.3) is 22.0 Å². The largest absolute Gasteiger partial charge is 0.481 e. The molecule has 1 aliphatic rings. The Bertz CT molecular complexity index is 1360. The molecule has 2 aromatic heterocycles. The van der Waals surface area contributed by atoms with Gasteiger partial charge in [-0.15, -0.1) is 34.4 Å². The van der Waals surface area contributed by atoms with E-state index in [0.717, 1.165) is 21.8 Å². The van der Waals surface area contributed by atoms with Gasteiger partial charge in [0.15, 0.2) is 5.13 Å². The molecule has 5 rings (SSSR count). The molecule has 6 nitrogen and oxygen atoms in total. The molecule has 172 valence electrons. The summed E-state index contributed by atoms with van der Waals surface area (Å²) in [5.74, 6) is -1.28. The molecule has 4 aromatic rings. The van der Waals surface area contributed by atoms with Crippen molar-refractivity contribution in [2.24, 2.45) is 0 Å². The third kappa shape index (κ3) is 4.71. The van der Waals surface area contributed by atoms with Crippen LogP contribution >= 0.6 is 57.6 Å². The molecular weight excluding hydrogens is 533 g/mol. The average molecular weight is 548 g/mol. The molecule has 2 atom stereocenters. The smallest absolute Gasteiger partial charge is 0.305 e. The topological polar surface area (TPSA) is 83.4 Å².